The number of rotatable bonds is 12. The first-order chi connectivity index (χ1) is 19.1. The molecule has 3 rings (SSSR count). The van der Waals surface area contributed by atoms with E-state index in [1.54, 1.807) is 12.1 Å². The summed E-state index contributed by atoms with van der Waals surface area (Å²) in [6.07, 6.45) is 0.282. The Balaban J connectivity index is 0.000000333. The smallest absolute Gasteiger partial charge is 0.229 e. The van der Waals surface area contributed by atoms with Crippen LogP contribution in [0.4, 0.5) is 5.69 Å². The van der Waals surface area contributed by atoms with E-state index in [1.807, 2.05) is 32.0 Å². The minimum Gasteiger partial charge on any atom is -0.506 e. The molecule has 3 aromatic rings. The molecule has 0 aliphatic heterocycles. The molecule has 0 radical (unpaired) electrons. The zero-order valence-corrected chi connectivity index (χ0v) is 25.0. The minimum atomic E-state index is -3.52. The molecule has 226 valence electrons. The number of phenols is 3. The number of aromatic hydroxyl groups is 3. The van der Waals surface area contributed by atoms with Gasteiger partial charge in [0.25, 0.3) is 0 Å². The van der Waals surface area contributed by atoms with E-state index >= 15 is 0 Å². The van der Waals surface area contributed by atoms with Crippen molar-refractivity contribution in [2.75, 3.05) is 24.1 Å². The Morgan fingerprint density at radius 2 is 1.34 bits per heavy atom. The maximum atomic E-state index is 11.4. The molecule has 2 atom stereocenters. The van der Waals surface area contributed by atoms with Crippen molar-refractivity contribution < 1.29 is 34.0 Å². The van der Waals surface area contributed by atoms with Crippen molar-refractivity contribution in [2.24, 2.45) is 0 Å². The van der Waals surface area contributed by atoms with Crippen molar-refractivity contribution in [3.05, 3.63) is 83.4 Å². The highest BCUT2D eigenvalue weighted by Crippen LogP contribution is 2.29. The van der Waals surface area contributed by atoms with E-state index in [2.05, 4.69) is 41.3 Å². The highest BCUT2D eigenvalue weighted by molar-refractivity contribution is 7.92. The van der Waals surface area contributed by atoms with Gasteiger partial charge in [0, 0.05) is 24.7 Å². The van der Waals surface area contributed by atoms with E-state index in [1.165, 1.54) is 29.8 Å². The molecule has 0 saturated carbocycles. The Kier molecular flexibility index (Phi) is 12.4. The lowest BCUT2D eigenvalue weighted by Crippen LogP contribution is -2.43. The van der Waals surface area contributed by atoms with E-state index in [4.69, 9.17) is 5.11 Å². The molecule has 0 heterocycles. The number of sulfonamides is 1. The van der Waals surface area contributed by atoms with E-state index in [9.17, 15) is 28.8 Å². The third-order valence-corrected chi connectivity index (χ3v) is 6.66. The molecule has 0 fully saturated rings. The van der Waals surface area contributed by atoms with Gasteiger partial charge in [-0.3, -0.25) is 4.72 Å². The molecule has 41 heavy (non-hydrogen) atoms. The second-order valence-corrected chi connectivity index (χ2v) is 12.7. The lowest BCUT2D eigenvalue weighted by Gasteiger charge is -2.28. The van der Waals surface area contributed by atoms with Crippen LogP contribution in [-0.4, -0.2) is 64.9 Å². The van der Waals surface area contributed by atoms with Gasteiger partial charge in [-0.25, -0.2) is 8.42 Å². The van der Waals surface area contributed by atoms with E-state index in [-0.39, 0.29) is 28.5 Å². The van der Waals surface area contributed by atoms with Crippen LogP contribution in [0.15, 0.2) is 66.7 Å². The summed E-state index contributed by atoms with van der Waals surface area (Å²) in [5.41, 5.74) is 2.11. The van der Waals surface area contributed by atoms with Crippen LogP contribution in [0.25, 0.3) is 0 Å². The van der Waals surface area contributed by atoms with Gasteiger partial charge >= 0.3 is 0 Å². The van der Waals surface area contributed by atoms with Crippen LogP contribution in [0.3, 0.4) is 0 Å². The third kappa shape index (κ3) is 12.4. The molecule has 0 aromatic heterocycles. The average molecular weight is 590 g/mol. The Hall–Kier alpha value is -3.35. The zero-order chi connectivity index (χ0) is 30.8. The predicted octanol–water partition coefficient (Wildman–Crippen LogP) is 3.54. The molecule has 8 N–H and O–H groups in total. The van der Waals surface area contributed by atoms with Crippen LogP contribution in [0.5, 0.6) is 17.2 Å². The van der Waals surface area contributed by atoms with E-state index in [0.717, 1.165) is 12.7 Å². The predicted molar refractivity (Wildman–Crippen MR) is 162 cm³/mol. The first kappa shape index (κ1) is 33.9. The molecular weight excluding hydrogens is 546 g/mol. The number of phenolic OH excluding ortho intramolecular Hbond substituents is 3. The summed E-state index contributed by atoms with van der Waals surface area (Å²) in [5.74, 6) is -0.581. The number of anilines is 1. The van der Waals surface area contributed by atoms with Gasteiger partial charge in [-0.2, -0.15) is 0 Å². The lowest BCUT2D eigenvalue weighted by molar-refractivity contribution is 0.160. The van der Waals surface area contributed by atoms with Crippen molar-refractivity contribution in [2.45, 2.75) is 57.9 Å². The Morgan fingerprint density at radius 3 is 1.90 bits per heavy atom. The molecule has 0 bridgehead atoms. The molecular formula is C30H43N3O7S. The summed E-state index contributed by atoms with van der Waals surface area (Å²) in [5, 5.41) is 54.7. The SMILES string of the molecule is CC(C)(Cc1ccccc1)NCC(O)c1ccc(O)c(NS(C)(=O)=O)c1.CC(C)NCC(O)c1ccc(O)c(O)c1. The fourth-order valence-electron chi connectivity index (χ4n) is 3.91. The van der Waals surface area contributed by atoms with Gasteiger partial charge in [0.15, 0.2) is 11.5 Å². The van der Waals surface area contributed by atoms with Gasteiger partial charge < -0.3 is 36.2 Å². The molecule has 0 aliphatic carbocycles. The minimum absolute atomic E-state index is 0.0487. The second kappa shape index (κ2) is 15.0. The highest BCUT2D eigenvalue weighted by Gasteiger charge is 2.20. The molecule has 0 amide bonds. The number of β-amino-alcohol motifs (C(OH)–C–C–N with tert-alkyl or cyclic N) is 1. The number of hydrogen-bond donors (Lipinski definition) is 8. The molecule has 3 aromatic carbocycles. The molecule has 0 saturated heterocycles. The largest absolute Gasteiger partial charge is 0.506 e. The highest BCUT2D eigenvalue weighted by atomic mass is 32.2. The van der Waals surface area contributed by atoms with Crippen LogP contribution in [0.2, 0.25) is 0 Å². The number of aliphatic hydroxyl groups excluding tert-OH is 2. The standard InChI is InChI=1S/C19H26N2O4S.C11H17NO3/c1-19(2,12-14-7-5-4-6-8-14)20-13-18(23)15-9-10-17(22)16(11-15)21-26(3,24)25;1-7(2)12-6-11(15)8-3-4-9(13)10(14)5-8/h4-11,18,20-23H,12-13H2,1-3H3;3-5,7,11-15H,6H2,1-2H3. The summed E-state index contributed by atoms with van der Waals surface area (Å²) < 4.78 is 25.0. The summed E-state index contributed by atoms with van der Waals surface area (Å²) in [6, 6.07) is 19.1. The van der Waals surface area contributed by atoms with Gasteiger partial charge in [0.2, 0.25) is 10.0 Å². The van der Waals surface area contributed by atoms with Crippen molar-refractivity contribution in [3.63, 3.8) is 0 Å². The number of hydrogen-bond acceptors (Lipinski definition) is 9. The fraction of sp³-hybridized carbons (Fsp3) is 0.400. The molecule has 0 aliphatic rings. The summed E-state index contributed by atoms with van der Waals surface area (Å²) in [7, 11) is -3.52. The summed E-state index contributed by atoms with van der Waals surface area (Å²) in [6.45, 7) is 8.80. The Labute approximate surface area is 242 Å². The third-order valence-electron chi connectivity index (χ3n) is 6.07. The zero-order valence-electron chi connectivity index (χ0n) is 24.2. The molecule has 10 nitrogen and oxygen atoms in total. The van der Waals surface area contributed by atoms with E-state index < -0.39 is 22.2 Å². The Bertz CT molecular complexity index is 1350. The lowest BCUT2D eigenvalue weighted by atomic mass is 9.94. The van der Waals surface area contributed by atoms with Gasteiger partial charge in [0.05, 0.1) is 24.2 Å². The Morgan fingerprint density at radius 1 is 0.780 bits per heavy atom. The fourth-order valence-corrected chi connectivity index (χ4v) is 4.48. The van der Waals surface area contributed by atoms with Crippen LogP contribution in [0.1, 0.15) is 56.6 Å². The van der Waals surface area contributed by atoms with Crippen LogP contribution in [-0.2, 0) is 16.4 Å². The van der Waals surface area contributed by atoms with Crippen molar-refractivity contribution in [1.82, 2.24) is 10.6 Å². The monoisotopic (exact) mass is 589 g/mol. The molecule has 11 heteroatoms. The maximum Gasteiger partial charge on any atom is 0.229 e. The number of benzene rings is 3. The maximum absolute atomic E-state index is 11.4. The first-order valence-electron chi connectivity index (χ1n) is 13.3. The van der Waals surface area contributed by atoms with Gasteiger partial charge in [0.1, 0.15) is 5.75 Å². The number of nitrogens with one attached hydrogen (secondary N) is 3. The molecule has 2 unspecified atom stereocenters. The van der Waals surface area contributed by atoms with Crippen molar-refractivity contribution in [1.29, 1.82) is 0 Å². The van der Waals surface area contributed by atoms with Crippen LogP contribution < -0.4 is 15.4 Å². The van der Waals surface area contributed by atoms with Crippen LogP contribution >= 0.6 is 0 Å². The normalized spacial score (nSPS) is 13.3. The van der Waals surface area contributed by atoms with Crippen molar-refractivity contribution >= 4 is 15.7 Å². The van der Waals surface area contributed by atoms with Gasteiger partial charge in [-0.05, 0) is 61.2 Å². The number of aliphatic hydroxyl groups is 2. The van der Waals surface area contributed by atoms with Crippen molar-refractivity contribution in [3.8, 4) is 17.2 Å². The first-order valence-corrected chi connectivity index (χ1v) is 15.2. The molecule has 0 spiro atoms. The van der Waals surface area contributed by atoms with Gasteiger partial charge in [-0.1, -0.05) is 56.3 Å². The van der Waals surface area contributed by atoms with Gasteiger partial charge in [-0.15, -0.1) is 0 Å². The van der Waals surface area contributed by atoms with E-state index in [0.29, 0.717) is 30.3 Å². The summed E-state index contributed by atoms with van der Waals surface area (Å²) in [4.78, 5) is 0. The quantitative estimate of drug-likeness (QED) is 0.147. The topological polar surface area (TPSA) is 171 Å². The summed E-state index contributed by atoms with van der Waals surface area (Å²) >= 11 is 0. The average Bonchev–Trinajstić information content (AvgIpc) is 2.88. The van der Waals surface area contributed by atoms with Crippen LogP contribution in [0, 0.1) is 0 Å². The second-order valence-electron chi connectivity index (χ2n) is 10.9.